The second-order valence-electron chi connectivity index (χ2n) is 5.78. The predicted molar refractivity (Wildman–Crippen MR) is 93.0 cm³/mol. The van der Waals surface area contributed by atoms with Gasteiger partial charge in [-0.25, -0.2) is 4.98 Å². The lowest BCUT2D eigenvalue weighted by Crippen LogP contribution is -1.99. The summed E-state index contributed by atoms with van der Waals surface area (Å²) in [6.07, 6.45) is 4.50. The van der Waals surface area contributed by atoms with Gasteiger partial charge in [0.1, 0.15) is 0 Å². The van der Waals surface area contributed by atoms with Crippen molar-refractivity contribution < 1.29 is 0 Å². The number of aromatic nitrogens is 2. The number of thiazole rings is 1. The van der Waals surface area contributed by atoms with Crippen molar-refractivity contribution in [1.82, 2.24) is 9.55 Å². The highest BCUT2D eigenvalue weighted by Crippen LogP contribution is 2.38. The van der Waals surface area contributed by atoms with Gasteiger partial charge in [-0.15, -0.1) is 0 Å². The number of rotatable bonds is 4. The zero-order chi connectivity index (χ0) is 15.1. The van der Waals surface area contributed by atoms with Gasteiger partial charge in [-0.2, -0.15) is 5.10 Å². The Labute approximate surface area is 133 Å². The molecule has 1 aliphatic carbocycles. The van der Waals surface area contributed by atoms with Gasteiger partial charge in [-0.3, -0.25) is 5.43 Å². The van der Waals surface area contributed by atoms with Crippen LogP contribution in [0.3, 0.4) is 0 Å². The number of fused-ring (bicyclic) bond motifs is 1. The number of nitrogens with zero attached hydrogens (tertiary/aromatic N) is 3. The Kier molecular flexibility index (Phi) is 3.22. The first-order valence-corrected chi connectivity index (χ1v) is 8.37. The van der Waals surface area contributed by atoms with Crippen LogP contribution in [0.5, 0.6) is 0 Å². The lowest BCUT2D eigenvalue weighted by Gasteiger charge is -2.06. The number of hydrogen-bond acceptors (Lipinski definition) is 4. The second-order valence-corrected chi connectivity index (χ2v) is 6.82. The Balaban J connectivity index is 1.53. The average molecular weight is 310 g/mol. The van der Waals surface area contributed by atoms with Crippen LogP contribution in [0.2, 0.25) is 0 Å². The van der Waals surface area contributed by atoms with Gasteiger partial charge < -0.3 is 4.57 Å². The van der Waals surface area contributed by atoms with Gasteiger partial charge in [0.2, 0.25) is 5.13 Å². The number of para-hydroxylation sites is 1. The van der Waals surface area contributed by atoms with Crippen molar-refractivity contribution in [3.8, 4) is 0 Å². The molecule has 1 aromatic carbocycles. The quantitative estimate of drug-likeness (QED) is 0.569. The Morgan fingerprint density at radius 1 is 1.32 bits per heavy atom. The topological polar surface area (TPSA) is 42.2 Å². The minimum Gasteiger partial charge on any atom is -0.345 e. The first-order chi connectivity index (χ1) is 10.7. The Bertz CT molecular complexity index is 822. The summed E-state index contributed by atoms with van der Waals surface area (Å²) in [5.41, 5.74) is 7.86. The van der Waals surface area contributed by atoms with Crippen LogP contribution in [0.1, 0.15) is 35.8 Å². The minimum absolute atomic E-state index is 0.708. The summed E-state index contributed by atoms with van der Waals surface area (Å²) < 4.78 is 3.60. The van der Waals surface area contributed by atoms with Crippen molar-refractivity contribution in [2.75, 3.05) is 5.43 Å². The van der Waals surface area contributed by atoms with Crippen molar-refractivity contribution in [3.05, 3.63) is 47.3 Å². The molecule has 22 heavy (non-hydrogen) atoms. The summed E-state index contributed by atoms with van der Waals surface area (Å²) in [6, 6.07) is 11.0. The molecule has 0 amide bonds. The smallest absolute Gasteiger partial charge is 0.204 e. The fourth-order valence-electron chi connectivity index (χ4n) is 2.90. The standard InChI is InChI=1S/C17H18N4S/c1-11-9-13(12(2)21(11)14-7-8-14)10-18-20-17-19-15-5-3-4-6-16(15)22-17/h3-6,9-10,14H,7-8H2,1-2H3,(H,19,20)/b18-10+. The molecule has 1 aliphatic rings. The number of hydrogen-bond donors (Lipinski definition) is 1. The molecule has 0 spiro atoms. The Morgan fingerprint density at radius 2 is 2.14 bits per heavy atom. The molecule has 4 rings (SSSR count). The number of anilines is 1. The Morgan fingerprint density at radius 3 is 2.91 bits per heavy atom. The third-order valence-corrected chi connectivity index (χ3v) is 5.03. The van der Waals surface area contributed by atoms with Gasteiger partial charge in [0.25, 0.3) is 0 Å². The fourth-order valence-corrected chi connectivity index (χ4v) is 3.72. The molecule has 1 saturated carbocycles. The van der Waals surface area contributed by atoms with Gasteiger partial charge >= 0.3 is 0 Å². The second kappa shape index (κ2) is 5.25. The van der Waals surface area contributed by atoms with E-state index in [4.69, 9.17) is 0 Å². The SMILES string of the molecule is Cc1cc(/C=N/Nc2nc3ccccc3s2)c(C)n1C1CC1. The van der Waals surface area contributed by atoms with E-state index in [9.17, 15) is 0 Å². The molecule has 0 aliphatic heterocycles. The molecular weight excluding hydrogens is 292 g/mol. The first-order valence-electron chi connectivity index (χ1n) is 7.55. The van der Waals surface area contributed by atoms with E-state index in [2.05, 4.69) is 46.1 Å². The van der Waals surface area contributed by atoms with Crippen LogP contribution in [-0.2, 0) is 0 Å². The molecule has 0 atom stereocenters. The third kappa shape index (κ3) is 2.41. The maximum atomic E-state index is 4.52. The Hall–Kier alpha value is -2.14. The van der Waals surface area contributed by atoms with E-state index in [1.54, 1.807) is 11.3 Å². The van der Waals surface area contributed by atoms with Gasteiger partial charge in [0.15, 0.2) is 0 Å². The van der Waals surface area contributed by atoms with Crippen molar-refractivity contribution in [2.24, 2.45) is 5.10 Å². The maximum Gasteiger partial charge on any atom is 0.204 e. The highest BCUT2D eigenvalue weighted by Gasteiger charge is 2.26. The summed E-state index contributed by atoms with van der Waals surface area (Å²) in [5, 5.41) is 5.19. The molecule has 5 heteroatoms. The van der Waals surface area contributed by atoms with Crippen LogP contribution in [0.4, 0.5) is 5.13 Å². The molecule has 0 saturated heterocycles. The van der Waals surface area contributed by atoms with E-state index in [0.717, 1.165) is 10.6 Å². The zero-order valence-electron chi connectivity index (χ0n) is 12.7. The van der Waals surface area contributed by atoms with Crippen LogP contribution >= 0.6 is 11.3 Å². The third-order valence-electron chi connectivity index (χ3n) is 4.09. The van der Waals surface area contributed by atoms with Crippen LogP contribution in [0.15, 0.2) is 35.4 Å². The van der Waals surface area contributed by atoms with Gasteiger partial charge in [-0.05, 0) is 44.9 Å². The highest BCUT2D eigenvalue weighted by atomic mass is 32.1. The van der Waals surface area contributed by atoms with Crippen LogP contribution in [-0.4, -0.2) is 15.8 Å². The molecule has 2 aromatic heterocycles. The van der Waals surface area contributed by atoms with E-state index in [1.165, 1.54) is 34.5 Å². The molecule has 1 fully saturated rings. The molecular formula is C17H18N4S. The molecule has 2 heterocycles. The van der Waals surface area contributed by atoms with E-state index >= 15 is 0 Å². The molecule has 0 radical (unpaired) electrons. The number of hydrazone groups is 1. The number of benzene rings is 1. The summed E-state index contributed by atoms with van der Waals surface area (Å²) >= 11 is 1.62. The minimum atomic E-state index is 0.708. The van der Waals surface area contributed by atoms with Crippen molar-refractivity contribution in [3.63, 3.8) is 0 Å². The predicted octanol–water partition coefficient (Wildman–Crippen LogP) is 4.50. The summed E-state index contributed by atoms with van der Waals surface area (Å²) in [5.74, 6) is 0. The monoisotopic (exact) mass is 310 g/mol. The summed E-state index contributed by atoms with van der Waals surface area (Å²) in [6.45, 7) is 4.34. The molecule has 4 nitrogen and oxygen atoms in total. The highest BCUT2D eigenvalue weighted by molar-refractivity contribution is 7.22. The van der Waals surface area contributed by atoms with Gasteiger partial charge in [0, 0.05) is 23.0 Å². The van der Waals surface area contributed by atoms with Gasteiger partial charge in [0.05, 0.1) is 16.4 Å². The zero-order valence-corrected chi connectivity index (χ0v) is 13.5. The number of nitrogens with one attached hydrogen (secondary N) is 1. The van der Waals surface area contributed by atoms with E-state index < -0.39 is 0 Å². The van der Waals surface area contributed by atoms with E-state index in [0.29, 0.717) is 6.04 Å². The number of aryl methyl sites for hydroxylation is 1. The van der Waals surface area contributed by atoms with E-state index in [1.807, 2.05) is 24.4 Å². The van der Waals surface area contributed by atoms with Crippen LogP contribution < -0.4 is 5.43 Å². The normalized spacial score (nSPS) is 15.0. The maximum absolute atomic E-state index is 4.52. The molecule has 112 valence electrons. The van der Waals surface area contributed by atoms with Crippen LogP contribution in [0.25, 0.3) is 10.2 Å². The van der Waals surface area contributed by atoms with Crippen molar-refractivity contribution >= 4 is 32.9 Å². The first kappa shape index (κ1) is 13.5. The average Bonchev–Trinajstić information content (AvgIpc) is 3.18. The molecule has 3 aromatic rings. The van der Waals surface area contributed by atoms with Crippen molar-refractivity contribution in [1.29, 1.82) is 0 Å². The summed E-state index contributed by atoms with van der Waals surface area (Å²) in [7, 11) is 0. The van der Waals surface area contributed by atoms with Gasteiger partial charge in [-0.1, -0.05) is 23.5 Å². The van der Waals surface area contributed by atoms with Crippen molar-refractivity contribution in [2.45, 2.75) is 32.7 Å². The fraction of sp³-hybridized carbons (Fsp3) is 0.294. The molecule has 0 bridgehead atoms. The van der Waals surface area contributed by atoms with E-state index in [-0.39, 0.29) is 0 Å². The lowest BCUT2D eigenvalue weighted by molar-refractivity contribution is 0.699. The molecule has 1 N–H and O–H groups in total. The van der Waals surface area contributed by atoms with Crippen LogP contribution in [0, 0.1) is 13.8 Å². The summed E-state index contributed by atoms with van der Waals surface area (Å²) in [4.78, 5) is 4.52. The largest absolute Gasteiger partial charge is 0.345 e. The lowest BCUT2D eigenvalue weighted by atomic mass is 10.3. The molecule has 0 unspecified atom stereocenters.